The van der Waals surface area contributed by atoms with Crippen molar-refractivity contribution in [3.63, 3.8) is 0 Å². The molecule has 0 aliphatic carbocycles. The van der Waals surface area contributed by atoms with E-state index in [1.165, 1.54) is 30.6 Å². The quantitative estimate of drug-likeness (QED) is 0.330. The number of anilines is 1. The van der Waals surface area contributed by atoms with Crippen molar-refractivity contribution >= 4 is 22.7 Å². The van der Waals surface area contributed by atoms with Gasteiger partial charge in [0.05, 0.1) is 18.5 Å². The molecule has 0 spiro atoms. The fourth-order valence-corrected chi connectivity index (χ4v) is 3.67. The van der Waals surface area contributed by atoms with Crippen LogP contribution < -0.4 is 10.1 Å². The molecule has 2 aromatic heterocycles. The second kappa shape index (κ2) is 9.11. The number of aromatic amines is 1. The molecule has 0 fully saturated rings. The van der Waals surface area contributed by atoms with Gasteiger partial charge in [-0.3, -0.25) is 0 Å². The van der Waals surface area contributed by atoms with Crippen LogP contribution in [0.25, 0.3) is 22.2 Å². The van der Waals surface area contributed by atoms with E-state index in [9.17, 15) is 22.0 Å². The molecular formula is C24H17F5N4O3. The second-order valence-corrected chi connectivity index (χ2v) is 8.05. The number of H-pyrrole nitrogens is 1. The number of nitrogens with zero attached hydrogens (tertiary/aromatic N) is 2. The van der Waals surface area contributed by atoms with Gasteiger partial charge in [-0.2, -0.15) is 0 Å². The van der Waals surface area contributed by atoms with E-state index in [0.29, 0.717) is 0 Å². The number of ether oxygens (including phenoxy) is 2. The fraction of sp³-hybridized carbons (Fsp3) is 0.167. The maximum Gasteiger partial charge on any atom is 0.289 e. The Kier molecular flexibility index (Phi) is 5.96. The highest BCUT2D eigenvalue weighted by Gasteiger charge is 2.34. The zero-order chi connectivity index (χ0) is 25.4. The van der Waals surface area contributed by atoms with Crippen LogP contribution in [0, 0.1) is 23.3 Å². The maximum atomic E-state index is 14.9. The Balaban J connectivity index is 1.46. The predicted molar refractivity (Wildman–Crippen MR) is 121 cm³/mol. The summed E-state index contributed by atoms with van der Waals surface area (Å²) >= 11 is 0. The van der Waals surface area contributed by atoms with Gasteiger partial charge in [0.1, 0.15) is 18.0 Å². The summed E-state index contributed by atoms with van der Waals surface area (Å²) in [7, 11) is 0. The zero-order valence-corrected chi connectivity index (χ0v) is 18.3. The fourth-order valence-electron chi connectivity index (χ4n) is 3.67. The van der Waals surface area contributed by atoms with Crippen molar-refractivity contribution in [1.29, 1.82) is 0 Å². The first-order valence-corrected chi connectivity index (χ1v) is 10.6. The highest BCUT2D eigenvalue weighted by atomic mass is 19.2. The van der Waals surface area contributed by atoms with Gasteiger partial charge in [-0.15, -0.1) is 0 Å². The standard InChI is InChI=1S/C24H17F5N4O3/c25-15-3-1-2-13(20(15)28)14-8-31-22-19(14)18(4-5-30-22)36-21-16(26)6-12(7-17(21)27)33-23-32-9-24(29,10-34)11-35-23/h1-8,34H,9-11H2,(H,30,31)(H,32,33)/t24-/m1/s1. The summed E-state index contributed by atoms with van der Waals surface area (Å²) in [6.45, 7) is -1.65. The first-order valence-electron chi connectivity index (χ1n) is 10.6. The predicted octanol–water partition coefficient (Wildman–Crippen LogP) is 5.08. The number of nitrogens with one attached hydrogen (secondary N) is 2. The van der Waals surface area contributed by atoms with Gasteiger partial charge in [0.15, 0.2) is 34.7 Å². The lowest BCUT2D eigenvalue weighted by atomic mass is 10.0. The van der Waals surface area contributed by atoms with E-state index >= 15 is 0 Å². The number of rotatable bonds is 5. The Bertz CT molecular complexity index is 1470. The number of halogens is 5. The zero-order valence-electron chi connectivity index (χ0n) is 18.3. The molecule has 1 aliphatic rings. The van der Waals surface area contributed by atoms with Gasteiger partial charge >= 0.3 is 0 Å². The van der Waals surface area contributed by atoms with E-state index < -0.39 is 47.9 Å². The first-order chi connectivity index (χ1) is 17.3. The van der Waals surface area contributed by atoms with E-state index in [0.717, 1.165) is 18.2 Å². The van der Waals surface area contributed by atoms with E-state index in [2.05, 4.69) is 20.3 Å². The number of fused-ring (bicyclic) bond motifs is 1. The third kappa shape index (κ3) is 4.31. The van der Waals surface area contributed by atoms with Crippen molar-refractivity contribution in [2.45, 2.75) is 5.67 Å². The second-order valence-electron chi connectivity index (χ2n) is 8.05. The van der Waals surface area contributed by atoms with E-state index in [-0.39, 0.29) is 46.2 Å². The molecule has 0 saturated heterocycles. The molecule has 3 N–H and O–H groups in total. The molecule has 0 amide bonds. The number of aromatic nitrogens is 2. The number of aliphatic imine (C=N–C) groups is 1. The minimum absolute atomic E-state index is 0.0540. The van der Waals surface area contributed by atoms with Crippen LogP contribution >= 0.6 is 0 Å². The minimum atomic E-state index is -2.03. The van der Waals surface area contributed by atoms with E-state index in [1.54, 1.807) is 0 Å². The highest BCUT2D eigenvalue weighted by molar-refractivity contribution is 5.98. The third-order valence-corrected chi connectivity index (χ3v) is 5.50. The summed E-state index contributed by atoms with van der Waals surface area (Å²) < 4.78 is 82.6. The smallest absolute Gasteiger partial charge is 0.289 e. The Morgan fingerprint density at radius 1 is 1.08 bits per heavy atom. The Morgan fingerprint density at radius 3 is 2.56 bits per heavy atom. The SMILES string of the molecule is OC[C@]1(F)CN=C(Nc2cc(F)c(Oc3ccnc4[nH]cc(-c5cccc(F)c5F)c34)c(F)c2)OC1. The number of aliphatic hydroxyl groups excluding tert-OH is 1. The van der Waals surface area contributed by atoms with Crippen molar-refractivity contribution in [3.8, 4) is 22.6 Å². The normalized spacial score (nSPS) is 17.6. The van der Waals surface area contributed by atoms with Gasteiger partial charge in [0.25, 0.3) is 6.02 Å². The molecule has 4 aromatic rings. The van der Waals surface area contributed by atoms with Gasteiger partial charge < -0.3 is 24.9 Å². The number of hydrogen-bond donors (Lipinski definition) is 3. The molecule has 2 aromatic carbocycles. The lowest BCUT2D eigenvalue weighted by Crippen LogP contribution is -2.43. The molecule has 0 saturated carbocycles. The molecule has 36 heavy (non-hydrogen) atoms. The molecule has 0 radical (unpaired) electrons. The third-order valence-electron chi connectivity index (χ3n) is 5.50. The molecule has 1 aliphatic heterocycles. The van der Waals surface area contributed by atoms with Crippen molar-refractivity contribution < 1.29 is 36.5 Å². The highest BCUT2D eigenvalue weighted by Crippen LogP contribution is 2.39. The van der Waals surface area contributed by atoms with Crippen LogP contribution in [0.15, 0.2) is 53.8 Å². The molecule has 7 nitrogen and oxygen atoms in total. The summed E-state index contributed by atoms with van der Waals surface area (Å²) in [6, 6.07) is 6.63. The van der Waals surface area contributed by atoms with Crippen LogP contribution in [0.5, 0.6) is 11.5 Å². The van der Waals surface area contributed by atoms with Crippen molar-refractivity contribution in [3.05, 3.63) is 72.1 Å². The summed E-state index contributed by atoms with van der Waals surface area (Å²) in [5.41, 5.74) is -1.80. The van der Waals surface area contributed by atoms with Crippen LogP contribution in [-0.4, -0.2) is 46.5 Å². The van der Waals surface area contributed by atoms with E-state index in [4.69, 9.17) is 14.6 Å². The lowest BCUT2D eigenvalue weighted by Gasteiger charge is -2.26. The van der Waals surface area contributed by atoms with Crippen LogP contribution in [0.1, 0.15) is 0 Å². The number of alkyl halides is 1. The lowest BCUT2D eigenvalue weighted by molar-refractivity contribution is 0.0181. The molecular weight excluding hydrogens is 487 g/mol. The number of pyridine rings is 1. The molecule has 12 heteroatoms. The summed E-state index contributed by atoms with van der Waals surface area (Å²) in [5.74, 6) is -5.16. The molecule has 0 unspecified atom stereocenters. The minimum Gasteiger partial charge on any atom is -0.461 e. The largest absolute Gasteiger partial charge is 0.461 e. The summed E-state index contributed by atoms with van der Waals surface area (Å²) in [6.07, 6.45) is 2.71. The average molecular weight is 504 g/mol. The summed E-state index contributed by atoms with van der Waals surface area (Å²) in [4.78, 5) is 10.7. The topological polar surface area (TPSA) is 91.8 Å². The van der Waals surface area contributed by atoms with Crippen LogP contribution in [0.2, 0.25) is 0 Å². The van der Waals surface area contributed by atoms with Gasteiger partial charge in [-0.05, 0) is 12.1 Å². The van der Waals surface area contributed by atoms with Gasteiger partial charge in [0.2, 0.25) is 0 Å². The molecule has 1 atom stereocenters. The monoisotopic (exact) mass is 504 g/mol. The average Bonchev–Trinajstić information content (AvgIpc) is 3.29. The van der Waals surface area contributed by atoms with Crippen molar-refractivity contribution in [1.82, 2.24) is 9.97 Å². The maximum absolute atomic E-state index is 14.9. The number of benzene rings is 2. The van der Waals surface area contributed by atoms with Crippen molar-refractivity contribution in [2.75, 3.05) is 25.1 Å². The van der Waals surface area contributed by atoms with Crippen molar-refractivity contribution in [2.24, 2.45) is 4.99 Å². The first kappa shape index (κ1) is 23.5. The number of hydrogen-bond acceptors (Lipinski definition) is 6. The molecule has 5 rings (SSSR count). The van der Waals surface area contributed by atoms with Crippen LogP contribution in [0.3, 0.4) is 0 Å². The molecule has 186 valence electrons. The molecule has 0 bridgehead atoms. The Morgan fingerprint density at radius 2 is 1.86 bits per heavy atom. The Labute approximate surface area is 200 Å². The van der Waals surface area contributed by atoms with E-state index in [1.807, 2.05) is 0 Å². The Hall–Kier alpha value is -4.19. The van der Waals surface area contributed by atoms with Gasteiger partial charge in [-0.25, -0.2) is 31.9 Å². The van der Waals surface area contributed by atoms with Gasteiger partial charge in [-0.1, -0.05) is 12.1 Å². The number of aliphatic hydroxyl groups is 1. The van der Waals surface area contributed by atoms with Crippen LogP contribution in [-0.2, 0) is 4.74 Å². The molecule has 3 heterocycles. The number of amidine groups is 1. The van der Waals surface area contributed by atoms with Gasteiger partial charge in [0, 0.05) is 41.3 Å². The summed E-state index contributed by atoms with van der Waals surface area (Å²) in [5, 5.41) is 11.7. The van der Waals surface area contributed by atoms with Crippen LogP contribution in [0.4, 0.5) is 27.6 Å².